The molecule has 0 saturated carbocycles. The van der Waals surface area contributed by atoms with Crippen molar-refractivity contribution in [3.63, 3.8) is 0 Å². The molecule has 0 spiro atoms. The fraction of sp³-hybridized carbons (Fsp3) is 0.286. The van der Waals surface area contributed by atoms with Crippen molar-refractivity contribution in [3.8, 4) is 5.75 Å². The molecule has 2 aliphatic rings. The molecule has 0 radical (unpaired) electrons. The number of carbonyl (C=O) groups excluding carboxylic acids is 2. The number of anilines is 1. The maximum Gasteiger partial charge on any atom is 0.268 e. The van der Waals surface area contributed by atoms with Crippen LogP contribution in [0.3, 0.4) is 0 Å². The molecule has 28 heavy (non-hydrogen) atoms. The molecule has 0 N–H and O–H groups in total. The van der Waals surface area contributed by atoms with Crippen LogP contribution in [0.2, 0.25) is 0 Å². The molecule has 2 heterocycles. The number of rotatable bonds is 3. The second kappa shape index (κ2) is 7.67. The summed E-state index contributed by atoms with van der Waals surface area (Å²) in [6.07, 6.45) is -0.615. The Morgan fingerprint density at radius 2 is 1.96 bits per heavy atom. The number of nitrogens with zero attached hydrogens (tertiary/aromatic N) is 3. The summed E-state index contributed by atoms with van der Waals surface area (Å²) in [5.41, 5.74) is 2.54. The highest BCUT2D eigenvalue weighted by atomic mass is 32.2. The molecule has 2 aromatic rings. The molecular formula is C21H21N3O3S. The fourth-order valence-corrected chi connectivity index (χ4v) is 4.23. The predicted octanol–water partition coefficient (Wildman–Crippen LogP) is 3.37. The number of aryl methyl sites for hydroxylation is 1. The number of carbonyl (C=O) groups is 2. The zero-order valence-corrected chi connectivity index (χ0v) is 16.6. The van der Waals surface area contributed by atoms with Crippen LogP contribution in [0.4, 0.5) is 11.4 Å². The number of aliphatic imine (C=N–C) groups is 1. The first-order valence-corrected chi connectivity index (χ1v) is 10.2. The van der Waals surface area contributed by atoms with E-state index in [1.807, 2.05) is 49.4 Å². The van der Waals surface area contributed by atoms with Gasteiger partial charge in [-0.3, -0.25) is 19.4 Å². The van der Waals surface area contributed by atoms with Gasteiger partial charge in [-0.1, -0.05) is 42.1 Å². The third-order valence-electron chi connectivity index (χ3n) is 4.78. The number of fused-ring (bicyclic) bond motifs is 1. The molecule has 7 heteroatoms. The number of para-hydroxylation sites is 3. The first-order chi connectivity index (χ1) is 13.5. The smallest absolute Gasteiger partial charge is 0.268 e. The van der Waals surface area contributed by atoms with Gasteiger partial charge in [-0.2, -0.15) is 0 Å². The molecule has 2 aromatic carbocycles. The summed E-state index contributed by atoms with van der Waals surface area (Å²) in [6, 6.07) is 15.1. The average Bonchev–Trinajstić information content (AvgIpc) is 3.15. The summed E-state index contributed by atoms with van der Waals surface area (Å²) < 4.78 is 5.65. The number of hydrogen-bond acceptors (Lipinski definition) is 5. The molecular weight excluding hydrogens is 374 g/mol. The van der Waals surface area contributed by atoms with Gasteiger partial charge in [-0.05, 0) is 37.6 Å². The SMILES string of the molecule is Cc1ccccc1N=C1SCCN1C(=O)CN1C(=O)C(C)Oc2ccccc21. The maximum atomic E-state index is 13.1. The quantitative estimate of drug-likeness (QED) is 0.799. The number of amidine groups is 1. The Balaban J connectivity index is 1.58. The lowest BCUT2D eigenvalue weighted by Gasteiger charge is -2.33. The van der Waals surface area contributed by atoms with Crippen LogP contribution >= 0.6 is 11.8 Å². The molecule has 0 bridgehead atoms. The highest BCUT2D eigenvalue weighted by Crippen LogP contribution is 2.34. The van der Waals surface area contributed by atoms with Gasteiger partial charge in [-0.25, -0.2) is 4.99 Å². The predicted molar refractivity (Wildman–Crippen MR) is 111 cm³/mol. The highest BCUT2D eigenvalue weighted by molar-refractivity contribution is 8.14. The Labute approximate surface area is 168 Å². The van der Waals surface area contributed by atoms with Gasteiger partial charge in [0.1, 0.15) is 12.3 Å². The summed E-state index contributed by atoms with van der Waals surface area (Å²) in [5.74, 6) is 1.05. The minimum atomic E-state index is -0.615. The molecule has 1 saturated heterocycles. The van der Waals surface area contributed by atoms with Crippen LogP contribution in [0.25, 0.3) is 0 Å². The van der Waals surface area contributed by atoms with Crippen LogP contribution in [0, 0.1) is 6.92 Å². The first kappa shape index (κ1) is 18.6. The first-order valence-electron chi connectivity index (χ1n) is 9.19. The van der Waals surface area contributed by atoms with Crippen LogP contribution < -0.4 is 9.64 Å². The molecule has 2 amide bonds. The largest absolute Gasteiger partial charge is 0.479 e. The summed E-state index contributed by atoms with van der Waals surface area (Å²) in [4.78, 5) is 33.6. The molecule has 6 nitrogen and oxygen atoms in total. The van der Waals surface area contributed by atoms with E-state index in [9.17, 15) is 9.59 Å². The van der Waals surface area contributed by atoms with Gasteiger partial charge in [0, 0.05) is 12.3 Å². The minimum absolute atomic E-state index is 0.0309. The van der Waals surface area contributed by atoms with Crippen molar-refractivity contribution in [1.29, 1.82) is 0 Å². The van der Waals surface area contributed by atoms with Gasteiger partial charge < -0.3 is 4.74 Å². The molecule has 2 aliphatic heterocycles. The Hall–Kier alpha value is -2.80. The van der Waals surface area contributed by atoms with Crippen molar-refractivity contribution in [2.24, 2.45) is 4.99 Å². The lowest BCUT2D eigenvalue weighted by atomic mass is 10.2. The number of ether oxygens (including phenoxy) is 1. The number of hydrogen-bond donors (Lipinski definition) is 0. The van der Waals surface area contributed by atoms with Gasteiger partial charge in [0.15, 0.2) is 11.3 Å². The van der Waals surface area contributed by atoms with Gasteiger partial charge >= 0.3 is 0 Å². The van der Waals surface area contributed by atoms with Crippen molar-refractivity contribution in [2.75, 3.05) is 23.7 Å². The third kappa shape index (κ3) is 3.49. The minimum Gasteiger partial charge on any atom is -0.479 e. The summed E-state index contributed by atoms with van der Waals surface area (Å²) in [6.45, 7) is 4.25. The van der Waals surface area contributed by atoms with Crippen molar-refractivity contribution < 1.29 is 14.3 Å². The zero-order valence-electron chi connectivity index (χ0n) is 15.8. The van der Waals surface area contributed by atoms with Gasteiger partial charge in [-0.15, -0.1) is 0 Å². The Morgan fingerprint density at radius 3 is 2.79 bits per heavy atom. The average molecular weight is 395 g/mol. The fourth-order valence-electron chi connectivity index (χ4n) is 3.26. The molecule has 1 fully saturated rings. The van der Waals surface area contributed by atoms with E-state index in [0.29, 0.717) is 23.1 Å². The van der Waals surface area contributed by atoms with E-state index in [1.165, 1.54) is 4.90 Å². The normalized spacial score (nSPS) is 20.3. The van der Waals surface area contributed by atoms with Gasteiger partial charge in [0.05, 0.1) is 11.4 Å². The highest BCUT2D eigenvalue weighted by Gasteiger charge is 2.35. The monoisotopic (exact) mass is 395 g/mol. The van der Waals surface area contributed by atoms with Crippen LogP contribution in [-0.2, 0) is 9.59 Å². The molecule has 0 aromatic heterocycles. The van der Waals surface area contributed by atoms with E-state index in [2.05, 4.69) is 4.99 Å². The van der Waals surface area contributed by atoms with E-state index >= 15 is 0 Å². The number of thioether (sulfide) groups is 1. The summed E-state index contributed by atoms with van der Waals surface area (Å²) in [5, 5.41) is 0.682. The summed E-state index contributed by atoms with van der Waals surface area (Å²) >= 11 is 1.56. The standard InChI is InChI=1S/C21H21N3O3S/c1-14-7-3-4-8-16(14)22-21-23(11-12-28-21)19(25)13-24-17-9-5-6-10-18(17)27-15(2)20(24)26/h3-10,15H,11-13H2,1-2H3. The number of benzene rings is 2. The lowest BCUT2D eigenvalue weighted by molar-refractivity contribution is -0.130. The van der Waals surface area contributed by atoms with Crippen LogP contribution in [0.5, 0.6) is 5.75 Å². The van der Waals surface area contributed by atoms with Gasteiger partial charge in [0.25, 0.3) is 5.91 Å². The van der Waals surface area contributed by atoms with E-state index in [-0.39, 0.29) is 18.4 Å². The van der Waals surface area contributed by atoms with Crippen molar-refractivity contribution in [2.45, 2.75) is 20.0 Å². The number of amides is 2. The zero-order chi connectivity index (χ0) is 19.7. The van der Waals surface area contributed by atoms with Crippen LogP contribution in [-0.4, -0.2) is 46.8 Å². The molecule has 1 unspecified atom stereocenters. The van der Waals surface area contributed by atoms with Crippen LogP contribution in [0.15, 0.2) is 53.5 Å². The molecule has 1 atom stereocenters. The van der Waals surface area contributed by atoms with E-state index in [0.717, 1.165) is 17.0 Å². The topological polar surface area (TPSA) is 62.2 Å². The second-order valence-corrected chi connectivity index (χ2v) is 7.79. The van der Waals surface area contributed by atoms with Crippen molar-refractivity contribution >= 4 is 40.1 Å². The molecule has 144 valence electrons. The Bertz CT molecular complexity index is 959. The lowest BCUT2D eigenvalue weighted by Crippen LogP contribution is -2.49. The van der Waals surface area contributed by atoms with Crippen molar-refractivity contribution in [3.05, 3.63) is 54.1 Å². The van der Waals surface area contributed by atoms with E-state index < -0.39 is 6.10 Å². The second-order valence-electron chi connectivity index (χ2n) is 6.73. The van der Waals surface area contributed by atoms with Crippen LogP contribution in [0.1, 0.15) is 12.5 Å². The Kier molecular flexibility index (Phi) is 5.09. The summed E-state index contributed by atoms with van der Waals surface area (Å²) in [7, 11) is 0. The molecule has 4 rings (SSSR count). The molecule has 0 aliphatic carbocycles. The van der Waals surface area contributed by atoms with Gasteiger partial charge in [0.2, 0.25) is 5.91 Å². The van der Waals surface area contributed by atoms with Crippen molar-refractivity contribution in [1.82, 2.24) is 4.90 Å². The Morgan fingerprint density at radius 1 is 1.21 bits per heavy atom. The van der Waals surface area contributed by atoms with E-state index in [1.54, 1.807) is 29.7 Å². The van der Waals surface area contributed by atoms with E-state index in [4.69, 9.17) is 4.74 Å². The third-order valence-corrected chi connectivity index (χ3v) is 5.73. The maximum absolute atomic E-state index is 13.1.